The molecule has 1 heterocycles. The zero-order valence-electron chi connectivity index (χ0n) is 30.7. The summed E-state index contributed by atoms with van der Waals surface area (Å²) < 4.78 is 2.40. The van der Waals surface area contributed by atoms with Crippen LogP contribution in [0.25, 0.3) is 82.1 Å². The van der Waals surface area contributed by atoms with Crippen molar-refractivity contribution in [2.75, 3.05) is 4.90 Å². The Morgan fingerprint density at radius 2 is 0.804 bits per heavy atom. The van der Waals surface area contributed by atoms with Gasteiger partial charge in [-0.1, -0.05) is 170 Å². The maximum absolute atomic E-state index is 2.46. The van der Waals surface area contributed by atoms with Gasteiger partial charge in [0.25, 0.3) is 0 Å². The third-order valence-electron chi connectivity index (χ3n) is 11.3. The molecule has 0 unspecified atom stereocenters. The summed E-state index contributed by atoms with van der Waals surface area (Å²) in [6.45, 7) is 0. The Morgan fingerprint density at radius 1 is 0.304 bits per heavy atom. The van der Waals surface area contributed by atoms with Gasteiger partial charge in [-0.3, -0.25) is 0 Å². The molecule has 0 radical (unpaired) electrons. The summed E-state index contributed by atoms with van der Waals surface area (Å²) in [5.74, 6) is 0. The zero-order valence-corrected chi connectivity index (χ0v) is 30.7. The highest BCUT2D eigenvalue weighted by Gasteiger charge is 2.22. The molecule has 2 heteroatoms. The molecule has 10 aromatic carbocycles. The Labute approximate surface area is 325 Å². The molecule has 0 aliphatic heterocycles. The van der Waals surface area contributed by atoms with Crippen molar-refractivity contribution in [1.82, 2.24) is 4.57 Å². The Kier molecular flexibility index (Phi) is 7.53. The normalized spacial score (nSPS) is 11.6. The van der Waals surface area contributed by atoms with Crippen LogP contribution >= 0.6 is 0 Å². The predicted molar refractivity (Wildman–Crippen MR) is 239 cm³/mol. The van der Waals surface area contributed by atoms with Crippen molar-refractivity contribution < 1.29 is 0 Å². The predicted octanol–water partition coefficient (Wildman–Crippen LogP) is 15.0. The number of fused-ring (bicyclic) bond motifs is 7. The number of aromatic nitrogens is 1. The van der Waals surface area contributed by atoms with Gasteiger partial charge in [-0.05, 0) is 97.7 Å². The van der Waals surface area contributed by atoms with Gasteiger partial charge >= 0.3 is 0 Å². The summed E-state index contributed by atoms with van der Waals surface area (Å²) in [6, 6.07) is 79.6. The van der Waals surface area contributed by atoms with E-state index in [1.807, 2.05) is 0 Å². The minimum Gasteiger partial charge on any atom is -0.310 e. The number of para-hydroxylation sites is 2. The van der Waals surface area contributed by atoms with Gasteiger partial charge < -0.3 is 9.47 Å². The first-order valence-corrected chi connectivity index (χ1v) is 19.3. The molecule has 0 saturated heterocycles. The molecule has 56 heavy (non-hydrogen) atoms. The number of benzene rings is 10. The average molecular weight is 713 g/mol. The highest BCUT2D eigenvalue weighted by atomic mass is 15.1. The van der Waals surface area contributed by atoms with Crippen molar-refractivity contribution in [1.29, 1.82) is 0 Å². The molecular weight excluding hydrogens is 677 g/mol. The minimum absolute atomic E-state index is 1.10. The second-order valence-electron chi connectivity index (χ2n) is 14.5. The number of hydrogen-bond donors (Lipinski definition) is 0. The van der Waals surface area contributed by atoms with Crippen LogP contribution in [0.5, 0.6) is 0 Å². The lowest BCUT2D eigenvalue weighted by molar-refractivity contribution is 1.18. The highest BCUT2D eigenvalue weighted by Crippen LogP contribution is 2.48. The lowest BCUT2D eigenvalue weighted by Crippen LogP contribution is -2.11. The van der Waals surface area contributed by atoms with Crippen LogP contribution in [0.15, 0.2) is 218 Å². The van der Waals surface area contributed by atoms with Gasteiger partial charge in [-0.15, -0.1) is 0 Å². The van der Waals surface area contributed by atoms with Gasteiger partial charge in [-0.25, -0.2) is 0 Å². The van der Waals surface area contributed by atoms with Crippen LogP contribution in [0.3, 0.4) is 0 Å². The van der Waals surface area contributed by atoms with E-state index < -0.39 is 0 Å². The number of rotatable bonds is 6. The van der Waals surface area contributed by atoms with Gasteiger partial charge in [0, 0.05) is 33.2 Å². The average Bonchev–Trinajstić information content (AvgIpc) is 3.60. The molecular formula is C54H36N2. The molecule has 11 aromatic rings. The largest absolute Gasteiger partial charge is 0.310 e. The van der Waals surface area contributed by atoms with Crippen LogP contribution < -0.4 is 4.90 Å². The first kappa shape index (κ1) is 32.0. The van der Waals surface area contributed by atoms with E-state index in [1.54, 1.807) is 0 Å². The van der Waals surface area contributed by atoms with Gasteiger partial charge in [0.1, 0.15) is 0 Å². The third-order valence-corrected chi connectivity index (χ3v) is 11.3. The maximum atomic E-state index is 2.46. The van der Waals surface area contributed by atoms with Gasteiger partial charge in [0.2, 0.25) is 0 Å². The van der Waals surface area contributed by atoms with E-state index in [0.717, 1.165) is 22.7 Å². The molecule has 0 saturated carbocycles. The molecule has 0 fully saturated rings. The molecule has 0 spiro atoms. The molecule has 0 bridgehead atoms. The Morgan fingerprint density at radius 3 is 1.54 bits per heavy atom. The fourth-order valence-corrected chi connectivity index (χ4v) is 8.91. The Hall–Kier alpha value is -7.42. The van der Waals surface area contributed by atoms with Crippen molar-refractivity contribution in [3.8, 4) is 27.9 Å². The highest BCUT2D eigenvalue weighted by molar-refractivity contribution is 6.22. The topological polar surface area (TPSA) is 8.17 Å². The molecule has 0 aliphatic rings. The Bertz CT molecular complexity index is 3230. The van der Waals surface area contributed by atoms with Crippen LogP contribution in [0.1, 0.15) is 0 Å². The van der Waals surface area contributed by atoms with Crippen LogP contribution in [0.2, 0.25) is 0 Å². The molecule has 11 rings (SSSR count). The van der Waals surface area contributed by atoms with Crippen LogP contribution in [-0.2, 0) is 0 Å². The Balaban J connectivity index is 1.25. The SMILES string of the molecule is c1ccc(-c2c(-c3ccccc3)c3cc(N(c4ccc5c6ccccc6n(-c6ccccc6)c5c4)c4cccc5ccccc45)ccc3c3ccccc23)cc1. The lowest BCUT2D eigenvalue weighted by atomic mass is 9.85. The summed E-state index contributed by atoms with van der Waals surface area (Å²) >= 11 is 0. The number of hydrogen-bond acceptors (Lipinski definition) is 1. The second-order valence-corrected chi connectivity index (χ2v) is 14.5. The van der Waals surface area contributed by atoms with E-state index in [0.29, 0.717) is 0 Å². The van der Waals surface area contributed by atoms with E-state index >= 15 is 0 Å². The van der Waals surface area contributed by atoms with Crippen molar-refractivity contribution in [3.63, 3.8) is 0 Å². The first-order chi connectivity index (χ1) is 27.8. The van der Waals surface area contributed by atoms with Crippen molar-refractivity contribution >= 4 is 71.2 Å². The van der Waals surface area contributed by atoms with E-state index in [2.05, 4.69) is 228 Å². The quantitative estimate of drug-likeness (QED) is 0.156. The van der Waals surface area contributed by atoms with E-state index in [9.17, 15) is 0 Å². The van der Waals surface area contributed by atoms with Crippen LogP contribution in [-0.4, -0.2) is 4.57 Å². The molecule has 262 valence electrons. The van der Waals surface area contributed by atoms with Gasteiger partial charge in [-0.2, -0.15) is 0 Å². The van der Waals surface area contributed by atoms with E-state index in [1.165, 1.54) is 76.4 Å². The van der Waals surface area contributed by atoms with Gasteiger partial charge in [0.05, 0.1) is 16.7 Å². The number of anilines is 3. The molecule has 0 atom stereocenters. The summed E-state index contributed by atoms with van der Waals surface area (Å²) in [6.07, 6.45) is 0. The molecule has 2 nitrogen and oxygen atoms in total. The minimum atomic E-state index is 1.10. The molecule has 0 amide bonds. The van der Waals surface area contributed by atoms with Crippen LogP contribution in [0.4, 0.5) is 17.1 Å². The maximum Gasteiger partial charge on any atom is 0.0561 e. The third kappa shape index (κ3) is 5.11. The first-order valence-electron chi connectivity index (χ1n) is 19.3. The van der Waals surface area contributed by atoms with Crippen molar-refractivity contribution in [2.45, 2.75) is 0 Å². The second kappa shape index (κ2) is 13.2. The monoisotopic (exact) mass is 712 g/mol. The fourth-order valence-electron chi connectivity index (χ4n) is 8.91. The van der Waals surface area contributed by atoms with E-state index in [-0.39, 0.29) is 0 Å². The van der Waals surface area contributed by atoms with Crippen LogP contribution in [0, 0.1) is 0 Å². The zero-order chi connectivity index (χ0) is 37.0. The fraction of sp³-hybridized carbons (Fsp3) is 0. The molecule has 0 aliphatic carbocycles. The van der Waals surface area contributed by atoms with E-state index in [4.69, 9.17) is 0 Å². The van der Waals surface area contributed by atoms with Crippen molar-refractivity contribution in [3.05, 3.63) is 218 Å². The smallest absolute Gasteiger partial charge is 0.0561 e. The summed E-state index contributed by atoms with van der Waals surface area (Å²) in [7, 11) is 0. The molecule has 0 N–H and O–H groups in total. The lowest BCUT2D eigenvalue weighted by Gasteiger charge is -2.28. The van der Waals surface area contributed by atoms with Gasteiger partial charge in [0.15, 0.2) is 0 Å². The number of nitrogens with zero attached hydrogens (tertiary/aromatic N) is 2. The summed E-state index contributed by atoms with van der Waals surface area (Å²) in [4.78, 5) is 2.46. The summed E-state index contributed by atoms with van der Waals surface area (Å²) in [5, 5.41) is 9.84. The van der Waals surface area contributed by atoms with Crippen molar-refractivity contribution in [2.24, 2.45) is 0 Å². The molecule has 1 aromatic heterocycles. The summed E-state index contributed by atoms with van der Waals surface area (Å²) in [5.41, 5.74) is 11.7. The standard InChI is InChI=1S/C54H36N2/c1-4-18-38(19-5-1)53-48-28-13-12-26-44(48)45-33-31-41(35-49(45)54(53)39-20-6-2-7-21-39)55(50-30-16-22-37-17-10-11-25-43(37)50)42-32-34-47-46-27-14-15-29-51(46)56(52(47)36-42)40-23-8-3-9-24-40/h1-36H.